The summed E-state index contributed by atoms with van der Waals surface area (Å²) in [5, 5.41) is 4.10. The van der Waals surface area contributed by atoms with Crippen molar-refractivity contribution < 1.29 is 14.4 Å². The molecule has 0 saturated heterocycles. The molecule has 2 rings (SSSR count). The number of carbonyl (C=O) groups is 1. The Morgan fingerprint density at radius 2 is 1.95 bits per heavy atom. The van der Waals surface area contributed by atoms with E-state index < -0.39 is 0 Å². The van der Waals surface area contributed by atoms with Crippen LogP contribution in [0.2, 0.25) is 0 Å². The molecule has 1 aliphatic heterocycles. The first-order valence-electron chi connectivity index (χ1n) is 15.1. The predicted molar refractivity (Wildman–Crippen MR) is 162 cm³/mol. The molecule has 1 amide bonds. The van der Waals surface area contributed by atoms with Crippen molar-refractivity contribution in [3.8, 4) is 12.3 Å². The van der Waals surface area contributed by atoms with Crippen molar-refractivity contribution in [3.63, 3.8) is 0 Å². The molecule has 1 heterocycles. The van der Waals surface area contributed by atoms with Crippen molar-refractivity contribution in [2.24, 2.45) is 23.7 Å². The number of hydroxylamine groups is 2. The van der Waals surface area contributed by atoms with Crippen LogP contribution >= 0.6 is 11.8 Å². The molecule has 5 heteroatoms. The summed E-state index contributed by atoms with van der Waals surface area (Å²) >= 11 is 1.88. The van der Waals surface area contributed by atoms with Gasteiger partial charge in [-0.15, -0.1) is 24.1 Å². The second-order valence-electron chi connectivity index (χ2n) is 11.3. The summed E-state index contributed by atoms with van der Waals surface area (Å²) in [7, 11) is 0. The lowest BCUT2D eigenvalue weighted by atomic mass is 9.82. The molecule has 0 bridgehead atoms. The minimum absolute atomic E-state index is 0.0161. The standard InChI is InChI=1S/C33H53NO3S/c1-9-13-15-21-37-34(32(35)16-14-10-2)30(24(5)6)22-28(25(7)11-3)31-20-17-26(8)29(23-38-31)33(36-12-4)27-18-19-27/h1,20,23-26,28,30H,10-19,21-22H2,2-8H3. The average Bonchev–Trinajstić information content (AvgIpc) is 3.76. The molecule has 0 radical (unpaired) electrons. The minimum atomic E-state index is 0.0161. The van der Waals surface area contributed by atoms with Crippen LogP contribution in [0.4, 0.5) is 0 Å². The van der Waals surface area contributed by atoms with E-state index in [-0.39, 0.29) is 17.9 Å². The molecule has 0 spiro atoms. The van der Waals surface area contributed by atoms with Gasteiger partial charge in [0.25, 0.3) is 0 Å². The average molecular weight is 544 g/mol. The van der Waals surface area contributed by atoms with Crippen LogP contribution in [-0.2, 0) is 14.4 Å². The normalized spacial score (nSPS) is 19.6. The van der Waals surface area contributed by atoms with Crippen LogP contribution in [-0.4, -0.2) is 30.2 Å². The molecular weight excluding hydrogens is 490 g/mol. The van der Waals surface area contributed by atoms with Gasteiger partial charge in [0, 0.05) is 18.4 Å². The van der Waals surface area contributed by atoms with E-state index in [1.807, 2.05) is 11.8 Å². The van der Waals surface area contributed by atoms with Crippen LogP contribution in [0.15, 0.2) is 33.3 Å². The number of carbonyl (C=O) groups excluding carboxylic acids is 1. The molecule has 1 fully saturated rings. The van der Waals surface area contributed by atoms with E-state index in [0.717, 1.165) is 44.3 Å². The van der Waals surface area contributed by atoms with E-state index in [9.17, 15) is 4.79 Å². The molecule has 0 N–H and O–H groups in total. The zero-order chi connectivity index (χ0) is 28.1. The molecular formula is C33H53NO3S. The number of rotatable bonds is 17. The van der Waals surface area contributed by atoms with Gasteiger partial charge in [-0.05, 0) is 85.0 Å². The zero-order valence-corrected chi connectivity index (χ0v) is 26.0. The summed E-state index contributed by atoms with van der Waals surface area (Å²) in [5.41, 5.74) is 2.82. The number of thioether (sulfide) groups is 1. The van der Waals surface area contributed by atoms with Gasteiger partial charge in [-0.25, -0.2) is 5.06 Å². The van der Waals surface area contributed by atoms with Gasteiger partial charge in [-0.2, -0.15) is 0 Å². The van der Waals surface area contributed by atoms with Crippen LogP contribution in [0.5, 0.6) is 0 Å². The smallest absolute Gasteiger partial charge is 0.246 e. The topological polar surface area (TPSA) is 38.8 Å². The lowest BCUT2D eigenvalue weighted by molar-refractivity contribution is -0.208. The summed E-state index contributed by atoms with van der Waals surface area (Å²) in [5.74, 6) is 5.51. The van der Waals surface area contributed by atoms with E-state index >= 15 is 0 Å². The summed E-state index contributed by atoms with van der Waals surface area (Å²) < 4.78 is 6.14. The van der Waals surface area contributed by atoms with Gasteiger partial charge in [0.2, 0.25) is 5.91 Å². The molecule has 38 heavy (non-hydrogen) atoms. The lowest BCUT2D eigenvalue weighted by Crippen LogP contribution is -2.45. The van der Waals surface area contributed by atoms with Crippen molar-refractivity contribution >= 4 is 17.7 Å². The van der Waals surface area contributed by atoms with Crippen LogP contribution < -0.4 is 0 Å². The van der Waals surface area contributed by atoms with Crippen LogP contribution in [0, 0.1) is 36.0 Å². The van der Waals surface area contributed by atoms with Gasteiger partial charge in [0.05, 0.1) is 19.3 Å². The number of ether oxygens (including phenoxy) is 1. The predicted octanol–water partition coefficient (Wildman–Crippen LogP) is 9.05. The Labute approximate surface area is 238 Å². The Morgan fingerprint density at radius 1 is 1.21 bits per heavy atom. The number of unbranched alkanes of at least 4 members (excludes halogenated alkanes) is 2. The summed E-state index contributed by atoms with van der Waals surface area (Å²) in [6, 6.07) is 0.0161. The molecule has 1 aliphatic carbocycles. The second kappa shape index (κ2) is 17.1. The monoisotopic (exact) mass is 543 g/mol. The van der Waals surface area contributed by atoms with Crippen molar-refractivity contribution in [2.45, 2.75) is 119 Å². The first-order valence-corrected chi connectivity index (χ1v) is 16.0. The maximum Gasteiger partial charge on any atom is 0.246 e. The molecule has 0 aromatic rings. The molecule has 1 saturated carbocycles. The lowest BCUT2D eigenvalue weighted by Gasteiger charge is -2.37. The van der Waals surface area contributed by atoms with Crippen molar-refractivity contribution in [3.05, 3.63) is 33.3 Å². The van der Waals surface area contributed by atoms with E-state index in [0.29, 0.717) is 43.8 Å². The van der Waals surface area contributed by atoms with Gasteiger partial charge in [-0.1, -0.05) is 60.5 Å². The fourth-order valence-electron chi connectivity index (χ4n) is 5.00. The molecule has 4 unspecified atom stereocenters. The third-order valence-corrected chi connectivity index (χ3v) is 8.96. The highest BCUT2D eigenvalue weighted by molar-refractivity contribution is 8.05. The molecule has 4 atom stereocenters. The summed E-state index contributed by atoms with van der Waals surface area (Å²) in [4.78, 5) is 21.0. The van der Waals surface area contributed by atoms with E-state index in [1.165, 1.54) is 28.9 Å². The fourth-order valence-corrected chi connectivity index (χ4v) is 6.29. The Balaban J connectivity index is 2.32. The van der Waals surface area contributed by atoms with E-state index in [2.05, 4.69) is 65.9 Å². The van der Waals surface area contributed by atoms with Gasteiger partial charge < -0.3 is 4.74 Å². The minimum Gasteiger partial charge on any atom is -0.494 e. The molecule has 4 nitrogen and oxygen atoms in total. The molecule has 2 aliphatic rings. The first-order chi connectivity index (χ1) is 18.3. The van der Waals surface area contributed by atoms with Crippen molar-refractivity contribution in [1.29, 1.82) is 0 Å². The Kier molecular flexibility index (Phi) is 14.7. The van der Waals surface area contributed by atoms with Gasteiger partial charge in [0.15, 0.2) is 0 Å². The molecule has 0 aromatic carbocycles. The number of nitrogens with zero attached hydrogens (tertiary/aromatic N) is 1. The van der Waals surface area contributed by atoms with Gasteiger partial charge >= 0.3 is 0 Å². The highest BCUT2D eigenvalue weighted by Gasteiger charge is 2.34. The van der Waals surface area contributed by atoms with Gasteiger partial charge in [0.1, 0.15) is 5.76 Å². The maximum absolute atomic E-state index is 13.4. The summed E-state index contributed by atoms with van der Waals surface area (Å²) in [6.07, 6.45) is 17.1. The number of terminal acetylenes is 1. The first kappa shape index (κ1) is 32.6. The van der Waals surface area contributed by atoms with E-state index in [4.69, 9.17) is 16.0 Å². The number of hydrogen-bond acceptors (Lipinski definition) is 4. The third-order valence-electron chi connectivity index (χ3n) is 7.85. The van der Waals surface area contributed by atoms with E-state index in [1.54, 1.807) is 5.06 Å². The molecule has 0 aromatic heterocycles. The zero-order valence-electron chi connectivity index (χ0n) is 25.2. The Bertz CT molecular complexity index is 875. The SMILES string of the molecule is C#CCCCON(C(=O)CCCC)C(CC(C1=CCC(C)C(C(OCC)=C2CC2)=CS1)C(C)CC)C(C)C. The number of allylic oxidation sites excluding steroid dienone is 4. The van der Waals surface area contributed by atoms with Crippen molar-refractivity contribution in [1.82, 2.24) is 5.06 Å². The van der Waals surface area contributed by atoms with Gasteiger partial charge in [-0.3, -0.25) is 9.63 Å². The second-order valence-corrected chi connectivity index (χ2v) is 12.2. The van der Waals surface area contributed by atoms with Crippen LogP contribution in [0.1, 0.15) is 113 Å². The van der Waals surface area contributed by atoms with Crippen LogP contribution in [0.25, 0.3) is 0 Å². The number of hydrogen-bond donors (Lipinski definition) is 0. The third kappa shape index (κ3) is 9.83. The molecule has 214 valence electrons. The Hall–Kier alpha value is -1.64. The Morgan fingerprint density at radius 3 is 2.53 bits per heavy atom. The highest BCUT2D eigenvalue weighted by Crippen LogP contribution is 2.45. The summed E-state index contributed by atoms with van der Waals surface area (Å²) in [6.45, 7) is 16.8. The number of amides is 1. The van der Waals surface area contributed by atoms with Crippen LogP contribution in [0.3, 0.4) is 0 Å². The maximum atomic E-state index is 13.4. The van der Waals surface area contributed by atoms with Crippen molar-refractivity contribution in [2.75, 3.05) is 13.2 Å². The largest absolute Gasteiger partial charge is 0.494 e. The fraction of sp³-hybridized carbons (Fsp3) is 0.727. The highest BCUT2D eigenvalue weighted by atomic mass is 32.2. The quantitative estimate of drug-likeness (QED) is 0.0794.